The fraction of sp³-hybridized carbons (Fsp3) is 1.00. The first-order valence-corrected chi connectivity index (χ1v) is 9.22. The normalized spacial score (nSPS) is 30.3. The van der Waals surface area contributed by atoms with Gasteiger partial charge < -0.3 is 10.4 Å². The molecule has 2 rings (SSSR count). The molecule has 2 saturated carbocycles. The van der Waals surface area contributed by atoms with Gasteiger partial charge in [0.15, 0.2) is 0 Å². The smallest absolute Gasteiger partial charge is 0.0613 e. The fourth-order valence-electron chi connectivity index (χ4n) is 3.84. The van der Waals surface area contributed by atoms with Crippen molar-refractivity contribution < 1.29 is 5.11 Å². The second-order valence-corrected chi connectivity index (χ2v) is 7.77. The van der Waals surface area contributed by atoms with Gasteiger partial charge in [0.2, 0.25) is 0 Å². The topological polar surface area (TPSA) is 35.5 Å². The van der Waals surface area contributed by atoms with Gasteiger partial charge in [0.05, 0.1) is 6.61 Å². The van der Waals surface area contributed by atoms with E-state index in [0.29, 0.717) is 12.6 Å². The number of nitrogens with one attached hydrogen (secondary N) is 1. The number of hydrogen-bond acceptors (Lipinski definition) is 3. The number of aliphatic hydroxyl groups excluding tert-OH is 1. The Hall–Kier alpha value is -0.120. The van der Waals surface area contributed by atoms with E-state index in [1.807, 2.05) is 0 Å². The first-order chi connectivity index (χ1) is 10.1. The Bertz CT molecular complexity index is 304. The van der Waals surface area contributed by atoms with Crippen LogP contribution in [0.3, 0.4) is 0 Å². The molecule has 2 N–H and O–H groups in total. The molecule has 2 aliphatic rings. The molecule has 2 aliphatic carbocycles. The van der Waals surface area contributed by atoms with Gasteiger partial charge in [0.25, 0.3) is 0 Å². The number of rotatable bonds is 9. The summed E-state index contributed by atoms with van der Waals surface area (Å²) in [5.74, 6) is 0.788. The van der Waals surface area contributed by atoms with Crippen LogP contribution in [0.5, 0.6) is 0 Å². The average Bonchev–Trinajstić information content (AvgIpc) is 3.30. The second-order valence-electron chi connectivity index (χ2n) is 7.77. The van der Waals surface area contributed by atoms with Crippen LogP contribution in [0.2, 0.25) is 0 Å². The molecule has 0 heterocycles. The molecule has 124 valence electrons. The van der Waals surface area contributed by atoms with Crippen molar-refractivity contribution in [2.24, 2.45) is 5.92 Å². The van der Waals surface area contributed by atoms with E-state index < -0.39 is 0 Å². The molecule has 2 fully saturated rings. The van der Waals surface area contributed by atoms with Gasteiger partial charge in [-0.3, -0.25) is 4.90 Å². The molecule has 0 aromatic rings. The average molecular weight is 296 g/mol. The molecular formula is C18H36N2O. The summed E-state index contributed by atoms with van der Waals surface area (Å²) in [6, 6.07) is 1.52. The molecule has 0 aliphatic heterocycles. The third-order valence-corrected chi connectivity index (χ3v) is 5.32. The monoisotopic (exact) mass is 296 g/mol. The third-order valence-electron chi connectivity index (χ3n) is 5.32. The predicted octanol–water partition coefficient (Wildman–Crippen LogP) is 3.17. The van der Waals surface area contributed by atoms with Gasteiger partial charge in [0.1, 0.15) is 0 Å². The van der Waals surface area contributed by atoms with Crippen molar-refractivity contribution >= 4 is 0 Å². The number of nitrogens with zero attached hydrogens (tertiary/aromatic N) is 1. The minimum absolute atomic E-state index is 0.0100. The predicted molar refractivity (Wildman–Crippen MR) is 89.5 cm³/mol. The maximum absolute atomic E-state index is 9.96. The zero-order valence-electron chi connectivity index (χ0n) is 14.4. The Balaban J connectivity index is 1.96. The Morgan fingerprint density at radius 2 is 2.00 bits per heavy atom. The van der Waals surface area contributed by atoms with Gasteiger partial charge >= 0.3 is 0 Å². The summed E-state index contributed by atoms with van der Waals surface area (Å²) in [7, 11) is 0. The molecule has 3 heteroatoms. The van der Waals surface area contributed by atoms with E-state index in [4.69, 9.17) is 0 Å². The van der Waals surface area contributed by atoms with E-state index >= 15 is 0 Å². The van der Waals surface area contributed by atoms with Crippen molar-refractivity contribution in [3.63, 3.8) is 0 Å². The van der Waals surface area contributed by atoms with Gasteiger partial charge in [-0.1, -0.05) is 20.8 Å². The van der Waals surface area contributed by atoms with Crippen molar-refractivity contribution in [1.29, 1.82) is 0 Å². The summed E-state index contributed by atoms with van der Waals surface area (Å²) in [5, 5.41) is 13.6. The van der Waals surface area contributed by atoms with Crippen LogP contribution >= 0.6 is 0 Å². The van der Waals surface area contributed by atoms with Crippen LogP contribution in [-0.4, -0.2) is 47.3 Å². The van der Waals surface area contributed by atoms with E-state index in [9.17, 15) is 5.11 Å². The Labute approximate surface area is 131 Å². The fourth-order valence-corrected chi connectivity index (χ4v) is 3.84. The van der Waals surface area contributed by atoms with Crippen LogP contribution in [0.4, 0.5) is 0 Å². The molecule has 0 spiro atoms. The maximum atomic E-state index is 9.96. The third kappa shape index (κ3) is 4.94. The molecule has 2 atom stereocenters. The number of aliphatic hydroxyl groups is 1. The zero-order chi connectivity index (χ0) is 15.3. The summed E-state index contributed by atoms with van der Waals surface area (Å²) in [5.41, 5.74) is -0.0100. The molecule has 0 radical (unpaired) electrons. The first kappa shape index (κ1) is 17.2. The lowest BCUT2D eigenvalue weighted by Crippen LogP contribution is -2.56. The molecule has 0 aromatic carbocycles. The zero-order valence-corrected chi connectivity index (χ0v) is 14.4. The SMILES string of the molecule is CCCNC1(CO)CCCC(N(CCC(C)C)C2CC2)C1. The van der Waals surface area contributed by atoms with Crippen LogP contribution in [0.15, 0.2) is 0 Å². The van der Waals surface area contributed by atoms with E-state index in [1.165, 1.54) is 38.6 Å². The highest BCUT2D eigenvalue weighted by Crippen LogP contribution is 2.37. The van der Waals surface area contributed by atoms with Crippen LogP contribution in [0.25, 0.3) is 0 Å². The summed E-state index contributed by atoms with van der Waals surface area (Å²) in [6.07, 6.45) is 10.1. The summed E-state index contributed by atoms with van der Waals surface area (Å²) >= 11 is 0. The molecule has 0 amide bonds. The van der Waals surface area contributed by atoms with Gasteiger partial charge in [-0.2, -0.15) is 0 Å². The minimum atomic E-state index is -0.0100. The highest BCUT2D eigenvalue weighted by Gasteiger charge is 2.41. The minimum Gasteiger partial charge on any atom is -0.394 e. The largest absolute Gasteiger partial charge is 0.394 e. The van der Waals surface area contributed by atoms with Crippen molar-refractivity contribution in [2.75, 3.05) is 19.7 Å². The molecule has 2 unspecified atom stereocenters. The Morgan fingerprint density at radius 1 is 1.24 bits per heavy atom. The molecule has 0 saturated heterocycles. The second kappa shape index (κ2) is 7.94. The van der Waals surface area contributed by atoms with Gasteiger partial charge in [-0.15, -0.1) is 0 Å². The quantitative estimate of drug-likeness (QED) is 0.686. The maximum Gasteiger partial charge on any atom is 0.0613 e. The summed E-state index contributed by atoms with van der Waals surface area (Å²) in [4.78, 5) is 2.79. The molecule has 3 nitrogen and oxygen atoms in total. The summed E-state index contributed by atoms with van der Waals surface area (Å²) in [6.45, 7) is 9.44. The van der Waals surface area contributed by atoms with E-state index in [0.717, 1.165) is 37.8 Å². The Kier molecular flexibility index (Phi) is 6.51. The van der Waals surface area contributed by atoms with Crippen LogP contribution < -0.4 is 5.32 Å². The Morgan fingerprint density at radius 3 is 2.57 bits per heavy atom. The van der Waals surface area contributed by atoms with Crippen LogP contribution in [0.1, 0.15) is 72.1 Å². The number of hydrogen-bond donors (Lipinski definition) is 2. The van der Waals surface area contributed by atoms with Crippen molar-refractivity contribution in [2.45, 2.75) is 89.8 Å². The standard InChI is InChI=1S/C18H36N2O/c1-4-11-19-18(14-21)10-5-6-17(13-18)20(16-7-8-16)12-9-15(2)3/h15-17,19,21H,4-14H2,1-3H3. The lowest BCUT2D eigenvalue weighted by atomic mass is 9.78. The van der Waals surface area contributed by atoms with E-state index in [1.54, 1.807) is 0 Å². The van der Waals surface area contributed by atoms with Crippen LogP contribution in [-0.2, 0) is 0 Å². The lowest BCUT2D eigenvalue weighted by Gasteiger charge is -2.45. The van der Waals surface area contributed by atoms with E-state index in [-0.39, 0.29) is 5.54 Å². The molecule has 0 aromatic heterocycles. The lowest BCUT2D eigenvalue weighted by molar-refractivity contribution is 0.0534. The van der Waals surface area contributed by atoms with Crippen molar-refractivity contribution in [3.8, 4) is 0 Å². The highest BCUT2D eigenvalue weighted by atomic mass is 16.3. The van der Waals surface area contributed by atoms with Gasteiger partial charge in [-0.25, -0.2) is 0 Å². The van der Waals surface area contributed by atoms with Gasteiger partial charge in [-0.05, 0) is 70.4 Å². The van der Waals surface area contributed by atoms with Crippen molar-refractivity contribution in [1.82, 2.24) is 10.2 Å². The first-order valence-electron chi connectivity index (χ1n) is 9.22. The van der Waals surface area contributed by atoms with Crippen LogP contribution in [0, 0.1) is 5.92 Å². The van der Waals surface area contributed by atoms with Gasteiger partial charge in [0, 0.05) is 17.6 Å². The van der Waals surface area contributed by atoms with Crippen molar-refractivity contribution in [3.05, 3.63) is 0 Å². The molecule has 0 bridgehead atoms. The highest BCUT2D eigenvalue weighted by molar-refractivity contribution is 4.99. The molecular weight excluding hydrogens is 260 g/mol. The summed E-state index contributed by atoms with van der Waals surface area (Å²) < 4.78 is 0. The van der Waals surface area contributed by atoms with E-state index in [2.05, 4.69) is 31.0 Å². The molecule has 21 heavy (non-hydrogen) atoms.